The second-order valence-electron chi connectivity index (χ2n) is 6.63. The molecule has 0 bridgehead atoms. The molecule has 0 aliphatic rings. The summed E-state index contributed by atoms with van der Waals surface area (Å²) < 4.78 is 12.7. The number of ether oxygens (including phenoxy) is 2. The first-order chi connectivity index (χ1) is 12.9. The van der Waals surface area contributed by atoms with Crippen LogP contribution in [-0.2, 0) is 7.05 Å². The third-order valence-electron chi connectivity index (χ3n) is 4.25. The van der Waals surface area contributed by atoms with Gasteiger partial charge in [-0.2, -0.15) is 0 Å². The first-order valence-electron chi connectivity index (χ1n) is 9.24. The van der Waals surface area contributed by atoms with Crippen LogP contribution in [0.1, 0.15) is 49.7 Å². The molecule has 146 valence electrons. The molecule has 0 spiro atoms. The Balaban J connectivity index is 2.31. The van der Waals surface area contributed by atoms with Gasteiger partial charge in [0.15, 0.2) is 11.5 Å². The molecular formula is C21H28N2O4. The first-order valence-corrected chi connectivity index (χ1v) is 9.24. The summed E-state index contributed by atoms with van der Waals surface area (Å²) in [5.74, 6) is 1.21. The van der Waals surface area contributed by atoms with Crippen LogP contribution in [0.4, 0.5) is 0 Å². The molecule has 1 aromatic carbocycles. The highest BCUT2D eigenvalue weighted by atomic mass is 16.5. The first kappa shape index (κ1) is 20.6. The fourth-order valence-corrected chi connectivity index (χ4v) is 2.81. The van der Waals surface area contributed by atoms with E-state index in [2.05, 4.69) is 5.32 Å². The predicted octanol–water partition coefficient (Wildman–Crippen LogP) is 3.31. The maximum absolute atomic E-state index is 12.7. The fraction of sp³-hybridized carbons (Fsp3) is 0.429. The predicted molar refractivity (Wildman–Crippen MR) is 106 cm³/mol. The number of nitrogens with zero attached hydrogens (tertiary/aromatic N) is 1. The summed E-state index contributed by atoms with van der Waals surface area (Å²) in [6.07, 6.45) is 1.59. The molecule has 0 saturated carbocycles. The summed E-state index contributed by atoms with van der Waals surface area (Å²) in [6, 6.07) is 8.46. The monoisotopic (exact) mass is 372 g/mol. The molecule has 2 rings (SSSR count). The van der Waals surface area contributed by atoms with E-state index >= 15 is 0 Å². The number of aryl methyl sites for hydroxylation is 1. The minimum absolute atomic E-state index is 0.146. The molecule has 6 nitrogen and oxygen atoms in total. The molecule has 27 heavy (non-hydrogen) atoms. The van der Waals surface area contributed by atoms with E-state index in [1.807, 2.05) is 45.9 Å². The van der Waals surface area contributed by atoms with Crippen LogP contribution in [0.15, 0.2) is 41.3 Å². The molecule has 0 aliphatic heterocycles. The van der Waals surface area contributed by atoms with Crippen molar-refractivity contribution in [2.75, 3.05) is 13.2 Å². The van der Waals surface area contributed by atoms with Gasteiger partial charge < -0.3 is 19.4 Å². The molecule has 1 N–H and O–H groups in total. The van der Waals surface area contributed by atoms with Crippen LogP contribution >= 0.6 is 0 Å². The lowest BCUT2D eigenvalue weighted by molar-refractivity contribution is 0.0925. The van der Waals surface area contributed by atoms with Crippen molar-refractivity contribution in [1.82, 2.24) is 9.88 Å². The Bertz CT molecular complexity index is 842. The lowest BCUT2D eigenvalue weighted by atomic mass is 9.95. The van der Waals surface area contributed by atoms with Crippen LogP contribution in [0, 0.1) is 5.92 Å². The van der Waals surface area contributed by atoms with Gasteiger partial charge in [-0.1, -0.05) is 19.9 Å². The standard InChI is InChI=1S/C21H28N2O4/c1-6-26-17-9-8-15(12-18(17)27-7-2)20(14(3)4)22-21(25)16-10-11-23(5)19(24)13-16/h8-14,20H,6-7H2,1-5H3,(H,22,25). The summed E-state index contributed by atoms with van der Waals surface area (Å²) in [4.78, 5) is 24.5. The Labute approximate surface area is 160 Å². The number of nitrogens with one attached hydrogen (secondary N) is 1. The zero-order chi connectivity index (χ0) is 20.0. The van der Waals surface area contributed by atoms with Gasteiger partial charge in [0.05, 0.1) is 19.3 Å². The van der Waals surface area contributed by atoms with Crippen LogP contribution in [0.2, 0.25) is 0 Å². The molecule has 0 radical (unpaired) electrons. The third kappa shape index (κ3) is 5.12. The van der Waals surface area contributed by atoms with Gasteiger partial charge in [0.25, 0.3) is 11.5 Å². The van der Waals surface area contributed by atoms with Crippen LogP contribution in [0.5, 0.6) is 11.5 Å². The van der Waals surface area contributed by atoms with Crippen LogP contribution < -0.4 is 20.3 Å². The van der Waals surface area contributed by atoms with E-state index in [0.717, 1.165) is 5.56 Å². The maximum atomic E-state index is 12.7. The van der Waals surface area contributed by atoms with Crippen molar-refractivity contribution in [2.24, 2.45) is 13.0 Å². The SMILES string of the molecule is CCOc1ccc(C(NC(=O)c2ccn(C)c(=O)c2)C(C)C)cc1OCC. The molecule has 0 fully saturated rings. The van der Waals surface area contributed by atoms with Crippen molar-refractivity contribution in [3.63, 3.8) is 0 Å². The van der Waals surface area contributed by atoms with Crippen molar-refractivity contribution < 1.29 is 14.3 Å². The molecule has 6 heteroatoms. The molecule has 2 aromatic rings. The molecule has 1 unspecified atom stereocenters. The highest BCUT2D eigenvalue weighted by Gasteiger charge is 2.21. The normalized spacial score (nSPS) is 11.9. The van der Waals surface area contributed by atoms with Crippen molar-refractivity contribution >= 4 is 5.91 Å². The maximum Gasteiger partial charge on any atom is 0.252 e. The minimum Gasteiger partial charge on any atom is -0.490 e. The number of aromatic nitrogens is 1. The molecule has 1 heterocycles. The Hall–Kier alpha value is -2.76. The molecule has 0 saturated heterocycles. The Morgan fingerprint density at radius 3 is 2.33 bits per heavy atom. The highest BCUT2D eigenvalue weighted by molar-refractivity contribution is 5.94. The minimum atomic E-state index is -0.279. The van der Waals surface area contributed by atoms with Crippen LogP contribution in [-0.4, -0.2) is 23.7 Å². The number of pyridine rings is 1. The smallest absolute Gasteiger partial charge is 0.252 e. The van der Waals surface area contributed by atoms with E-state index in [0.29, 0.717) is 30.3 Å². The van der Waals surface area contributed by atoms with E-state index in [1.165, 1.54) is 10.6 Å². The Kier molecular flexibility index (Phi) is 7.05. The third-order valence-corrected chi connectivity index (χ3v) is 4.25. The van der Waals surface area contributed by atoms with E-state index < -0.39 is 0 Å². The second-order valence-corrected chi connectivity index (χ2v) is 6.63. The average Bonchev–Trinajstić information content (AvgIpc) is 2.63. The molecule has 1 amide bonds. The number of amides is 1. The van der Waals surface area contributed by atoms with Crippen molar-refractivity contribution in [3.8, 4) is 11.5 Å². The topological polar surface area (TPSA) is 69.6 Å². The van der Waals surface area contributed by atoms with Crippen molar-refractivity contribution in [2.45, 2.75) is 33.7 Å². The zero-order valence-corrected chi connectivity index (χ0v) is 16.6. The van der Waals surface area contributed by atoms with E-state index in [-0.39, 0.29) is 23.4 Å². The summed E-state index contributed by atoms with van der Waals surface area (Å²) in [6.45, 7) is 8.98. The number of carbonyl (C=O) groups excluding carboxylic acids is 1. The van der Waals surface area contributed by atoms with Gasteiger partial charge in [-0.15, -0.1) is 0 Å². The largest absolute Gasteiger partial charge is 0.490 e. The Morgan fingerprint density at radius 1 is 1.07 bits per heavy atom. The summed E-state index contributed by atoms with van der Waals surface area (Å²) in [5.41, 5.74) is 1.05. The molecule has 0 aliphatic carbocycles. The average molecular weight is 372 g/mol. The van der Waals surface area contributed by atoms with Gasteiger partial charge in [-0.05, 0) is 43.5 Å². The second kappa shape index (κ2) is 9.26. The lowest BCUT2D eigenvalue weighted by Crippen LogP contribution is -2.32. The van der Waals surface area contributed by atoms with Gasteiger partial charge in [-0.25, -0.2) is 0 Å². The zero-order valence-electron chi connectivity index (χ0n) is 16.6. The molecule has 1 atom stereocenters. The number of carbonyl (C=O) groups is 1. The van der Waals surface area contributed by atoms with Crippen molar-refractivity contribution in [3.05, 3.63) is 58.0 Å². The number of benzene rings is 1. The van der Waals surface area contributed by atoms with Crippen LogP contribution in [0.3, 0.4) is 0 Å². The van der Waals surface area contributed by atoms with Gasteiger partial charge in [0.1, 0.15) is 0 Å². The number of hydrogen-bond acceptors (Lipinski definition) is 4. The Morgan fingerprint density at radius 2 is 1.74 bits per heavy atom. The summed E-state index contributed by atoms with van der Waals surface area (Å²) >= 11 is 0. The highest BCUT2D eigenvalue weighted by Crippen LogP contribution is 2.33. The van der Waals surface area contributed by atoms with Gasteiger partial charge in [0.2, 0.25) is 0 Å². The van der Waals surface area contributed by atoms with E-state index in [4.69, 9.17) is 9.47 Å². The molecule has 1 aromatic heterocycles. The number of hydrogen-bond donors (Lipinski definition) is 1. The van der Waals surface area contributed by atoms with Gasteiger partial charge in [-0.3, -0.25) is 9.59 Å². The fourth-order valence-electron chi connectivity index (χ4n) is 2.81. The van der Waals surface area contributed by atoms with E-state index in [1.54, 1.807) is 19.3 Å². The van der Waals surface area contributed by atoms with Gasteiger partial charge in [0, 0.05) is 24.9 Å². The van der Waals surface area contributed by atoms with Crippen LogP contribution in [0.25, 0.3) is 0 Å². The summed E-state index contributed by atoms with van der Waals surface area (Å²) in [7, 11) is 1.65. The quantitative estimate of drug-likeness (QED) is 0.772. The lowest BCUT2D eigenvalue weighted by Gasteiger charge is -2.24. The molecular weight excluding hydrogens is 344 g/mol. The van der Waals surface area contributed by atoms with Gasteiger partial charge >= 0.3 is 0 Å². The summed E-state index contributed by atoms with van der Waals surface area (Å²) in [5, 5.41) is 3.03. The van der Waals surface area contributed by atoms with Crippen molar-refractivity contribution in [1.29, 1.82) is 0 Å². The number of rotatable bonds is 8. The van der Waals surface area contributed by atoms with E-state index in [9.17, 15) is 9.59 Å².